The number of anilines is 3. The molecule has 1 aromatic carbocycles. The second-order valence-electron chi connectivity index (χ2n) is 5.90. The summed E-state index contributed by atoms with van der Waals surface area (Å²) in [6.07, 6.45) is 1.95. The standard InChI is InChI=1S/C17H17N5O3/c23-14-9-12-10-18-17(21-15(12)20-14)19-13-3-1-11(2-4-13)16(24)22-5-7-25-8-6-22/h1-4,10H,5-9H2,(H2,18,19,20,21,23). The summed E-state index contributed by atoms with van der Waals surface area (Å²) in [6, 6.07) is 7.16. The Morgan fingerprint density at radius 1 is 1.20 bits per heavy atom. The van der Waals surface area contributed by atoms with E-state index in [0.29, 0.717) is 50.1 Å². The number of morpholine rings is 1. The molecule has 8 heteroatoms. The van der Waals surface area contributed by atoms with Crippen LogP contribution in [0.2, 0.25) is 0 Å². The number of ether oxygens (including phenoxy) is 1. The van der Waals surface area contributed by atoms with E-state index in [1.807, 2.05) is 12.1 Å². The highest BCUT2D eigenvalue weighted by Gasteiger charge is 2.20. The zero-order chi connectivity index (χ0) is 17.2. The van der Waals surface area contributed by atoms with E-state index in [9.17, 15) is 9.59 Å². The maximum absolute atomic E-state index is 12.4. The molecular formula is C17H17N5O3. The maximum Gasteiger partial charge on any atom is 0.254 e. The number of hydrogen-bond donors (Lipinski definition) is 2. The summed E-state index contributed by atoms with van der Waals surface area (Å²) >= 11 is 0. The molecule has 0 saturated carbocycles. The van der Waals surface area contributed by atoms with Crippen LogP contribution < -0.4 is 10.6 Å². The first-order chi connectivity index (χ1) is 12.2. The van der Waals surface area contributed by atoms with Crippen molar-refractivity contribution in [2.75, 3.05) is 36.9 Å². The summed E-state index contributed by atoms with van der Waals surface area (Å²) in [4.78, 5) is 34.1. The monoisotopic (exact) mass is 339 g/mol. The second-order valence-corrected chi connectivity index (χ2v) is 5.90. The minimum absolute atomic E-state index is 0.00587. The number of fused-ring (bicyclic) bond motifs is 1. The van der Waals surface area contributed by atoms with Crippen LogP contribution in [0.3, 0.4) is 0 Å². The lowest BCUT2D eigenvalue weighted by Crippen LogP contribution is -2.40. The molecule has 128 valence electrons. The van der Waals surface area contributed by atoms with Gasteiger partial charge in [-0.2, -0.15) is 4.98 Å². The summed E-state index contributed by atoms with van der Waals surface area (Å²) in [5.74, 6) is 0.869. The number of carbonyl (C=O) groups excluding carboxylic acids is 2. The number of carbonyl (C=O) groups is 2. The summed E-state index contributed by atoms with van der Waals surface area (Å²) in [5.41, 5.74) is 2.19. The molecule has 2 aliphatic rings. The number of hydrogen-bond acceptors (Lipinski definition) is 6. The Balaban J connectivity index is 1.45. The van der Waals surface area contributed by atoms with Gasteiger partial charge in [0.2, 0.25) is 11.9 Å². The molecule has 0 aliphatic carbocycles. The van der Waals surface area contributed by atoms with Crippen LogP contribution in [0.5, 0.6) is 0 Å². The molecule has 2 amide bonds. The third-order valence-corrected chi connectivity index (χ3v) is 4.16. The molecule has 0 radical (unpaired) electrons. The summed E-state index contributed by atoms with van der Waals surface area (Å²) in [5, 5.41) is 5.77. The molecule has 2 N–H and O–H groups in total. The normalized spacial score (nSPS) is 16.3. The molecule has 0 bridgehead atoms. The SMILES string of the molecule is O=C1Cc2cnc(Nc3ccc(C(=O)N4CCOCC4)cc3)nc2N1. The van der Waals surface area contributed by atoms with Crippen molar-refractivity contribution in [3.05, 3.63) is 41.6 Å². The molecule has 0 unspecified atom stereocenters. The van der Waals surface area contributed by atoms with Gasteiger partial charge in [0.05, 0.1) is 19.6 Å². The van der Waals surface area contributed by atoms with Crippen LogP contribution in [0.1, 0.15) is 15.9 Å². The lowest BCUT2D eigenvalue weighted by Gasteiger charge is -2.26. The van der Waals surface area contributed by atoms with E-state index in [0.717, 1.165) is 11.3 Å². The fraction of sp³-hybridized carbons (Fsp3) is 0.294. The third-order valence-electron chi connectivity index (χ3n) is 4.16. The Morgan fingerprint density at radius 3 is 2.72 bits per heavy atom. The summed E-state index contributed by atoms with van der Waals surface area (Å²) in [7, 11) is 0. The predicted molar refractivity (Wildman–Crippen MR) is 90.8 cm³/mol. The van der Waals surface area contributed by atoms with E-state index < -0.39 is 0 Å². The number of rotatable bonds is 3. The van der Waals surface area contributed by atoms with Gasteiger partial charge in [-0.15, -0.1) is 0 Å². The molecule has 4 rings (SSSR count). The Kier molecular flexibility index (Phi) is 4.02. The molecule has 8 nitrogen and oxygen atoms in total. The van der Waals surface area contributed by atoms with Crippen molar-refractivity contribution in [2.24, 2.45) is 0 Å². The summed E-state index contributed by atoms with van der Waals surface area (Å²) < 4.78 is 5.27. The van der Waals surface area contributed by atoms with Crippen molar-refractivity contribution < 1.29 is 14.3 Å². The number of benzene rings is 1. The predicted octanol–water partition coefficient (Wildman–Crippen LogP) is 1.19. The van der Waals surface area contributed by atoms with Gasteiger partial charge in [0.15, 0.2) is 0 Å². The lowest BCUT2D eigenvalue weighted by atomic mass is 10.1. The van der Waals surface area contributed by atoms with E-state index in [1.165, 1.54) is 0 Å². The van der Waals surface area contributed by atoms with E-state index in [4.69, 9.17) is 4.74 Å². The highest BCUT2D eigenvalue weighted by atomic mass is 16.5. The molecule has 0 spiro atoms. The van der Waals surface area contributed by atoms with Gasteiger partial charge in [-0.3, -0.25) is 9.59 Å². The van der Waals surface area contributed by atoms with Crippen molar-refractivity contribution in [3.8, 4) is 0 Å². The number of aromatic nitrogens is 2. The first-order valence-corrected chi connectivity index (χ1v) is 8.09. The molecule has 2 aliphatic heterocycles. The van der Waals surface area contributed by atoms with Crippen LogP contribution in [-0.4, -0.2) is 53.0 Å². The van der Waals surface area contributed by atoms with Gasteiger partial charge in [-0.1, -0.05) is 0 Å². The lowest BCUT2D eigenvalue weighted by molar-refractivity contribution is -0.115. The smallest absolute Gasteiger partial charge is 0.254 e. The highest BCUT2D eigenvalue weighted by molar-refractivity contribution is 5.98. The maximum atomic E-state index is 12.4. The molecule has 0 atom stereocenters. The van der Waals surface area contributed by atoms with Crippen molar-refractivity contribution >= 4 is 29.3 Å². The van der Waals surface area contributed by atoms with Gasteiger partial charge in [-0.05, 0) is 24.3 Å². The molecule has 1 fully saturated rings. The van der Waals surface area contributed by atoms with E-state index >= 15 is 0 Å². The number of amides is 2. The van der Waals surface area contributed by atoms with Crippen molar-refractivity contribution in [1.29, 1.82) is 0 Å². The Labute approximate surface area is 144 Å². The zero-order valence-corrected chi connectivity index (χ0v) is 13.5. The average molecular weight is 339 g/mol. The van der Waals surface area contributed by atoms with E-state index in [2.05, 4.69) is 20.6 Å². The average Bonchev–Trinajstić information content (AvgIpc) is 3.02. The molecule has 2 aromatic rings. The largest absolute Gasteiger partial charge is 0.378 e. The highest BCUT2D eigenvalue weighted by Crippen LogP contribution is 2.22. The first-order valence-electron chi connectivity index (χ1n) is 8.09. The topological polar surface area (TPSA) is 96.5 Å². The Hall–Kier alpha value is -3.00. The number of nitrogens with one attached hydrogen (secondary N) is 2. The van der Waals surface area contributed by atoms with Crippen LogP contribution in [0.4, 0.5) is 17.5 Å². The Morgan fingerprint density at radius 2 is 1.96 bits per heavy atom. The third kappa shape index (κ3) is 3.29. The first kappa shape index (κ1) is 15.5. The van der Waals surface area contributed by atoms with Crippen molar-refractivity contribution in [2.45, 2.75) is 6.42 Å². The quantitative estimate of drug-likeness (QED) is 0.872. The minimum atomic E-state index is -0.0765. The van der Waals surface area contributed by atoms with Gasteiger partial charge in [-0.25, -0.2) is 4.98 Å². The Bertz CT molecular complexity index is 816. The summed E-state index contributed by atoms with van der Waals surface area (Å²) in [6.45, 7) is 2.40. The van der Waals surface area contributed by atoms with E-state index in [1.54, 1.807) is 23.2 Å². The van der Waals surface area contributed by atoms with Crippen LogP contribution >= 0.6 is 0 Å². The van der Waals surface area contributed by atoms with Gasteiger partial charge < -0.3 is 20.3 Å². The molecular weight excluding hydrogens is 322 g/mol. The van der Waals surface area contributed by atoms with Crippen molar-refractivity contribution in [3.63, 3.8) is 0 Å². The fourth-order valence-corrected chi connectivity index (χ4v) is 2.83. The van der Waals surface area contributed by atoms with Crippen LogP contribution in [0.15, 0.2) is 30.5 Å². The minimum Gasteiger partial charge on any atom is -0.378 e. The zero-order valence-electron chi connectivity index (χ0n) is 13.5. The molecule has 1 aromatic heterocycles. The van der Waals surface area contributed by atoms with E-state index in [-0.39, 0.29) is 11.8 Å². The van der Waals surface area contributed by atoms with Crippen LogP contribution in [0, 0.1) is 0 Å². The fourth-order valence-electron chi connectivity index (χ4n) is 2.83. The second kappa shape index (κ2) is 6.48. The molecule has 1 saturated heterocycles. The molecule has 3 heterocycles. The molecule has 25 heavy (non-hydrogen) atoms. The number of nitrogens with zero attached hydrogens (tertiary/aromatic N) is 3. The van der Waals surface area contributed by atoms with Gasteiger partial charge in [0.1, 0.15) is 5.82 Å². The van der Waals surface area contributed by atoms with Crippen LogP contribution in [0.25, 0.3) is 0 Å². The van der Waals surface area contributed by atoms with Gasteiger partial charge >= 0.3 is 0 Å². The van der Waals surface area contributed by atoms with Crippen molar-refractivity contribution in [1.82, 2.24) is 14.9 Å². The van der Waals surface area contributed by atoms with Gasteiger partial charge in [0.25, 0.3) is 5.91 Å². The van der Waals surface area contributed by atoms with Gasteiger partial charge in [0, 0.05) is 36.1 Å². The van der Waals surface area contributed by atoms with Crippen LogP contribution in [-0.2, 0) is 16.0 Å².